The van der Waals surface area contributed by atoms with Gasteiger partial charge >= 0.3 is 15.6 Å². The molecule has 4 rings (SSSR count). The summed E-state index contributed by atoms with van der Waals surface area (Å²) in [6, 6.07) is 0. The van der Waals surface area contributed by atoms with E-state index in [0.717, 1.165) is 17.2 Å². The Balaban J connectivity index is 1.38. The van der Waals surface area contributed by atoms with E-state index in [2.05, 4.69) is 28.3 Å². The summed E-state index contributed by atoms with van der Waals surface area (Å²) in [4.78, 5) is 31.4. The molecule has 2 aromatic rings. The summed E-state index contributed by atoms with van der Waals surface area (Å²) in [5.41, 5.74) is 5.86. The third-order valence-corrected chi connectivity index (χ3v) is 8.57. The van der Waals surface area contributed by atoms with E-state index < -0.39 is 90.3 Å². The first-order valence-corrected chi connectivity index (χ1v) is 14.2. The van der Waals surface area contributed by atoms with Gasteiger partial charge in [-0.15, -0.1) is 0 Å². The van der Waals surface area contributed by atoms with Crippen molar-refractivity contribution in [3.05, 3.63) is 12.7 Å². The van der Waals surface area contributed by atoms with E-state index >= 15 is 0 Å². The second-order valence-electron chi connectivity index (χ2n) is 8.69. The molecule has 0 spiro atoms. The van der Waals surface area contributed by atoms with Crippen molar-refractivity contribution in [3.8, 4) is 0 Å². The maximum absolute atomic E-state index is 14.9. The third-order valence-electron chi connectivity index (χ3n) is 5.97. The molecule has 2 aromatic heterocycles. The molecular weight excluding hydrogens is 595 g/mol. The van der Waals surface area contributed by atoms with Gasteiger partial charge in [-0.2, -0.15) is 4.31 Å². The zero-order valence-corrected chi connectivity index (χ0v) is 21.7. The first-order chi connectivity index (χ1) is 18.7. The SMILES string of the molecule is Nc1ncnc2c1ncn2[C@@H]1O[C@H](COP(=O)(O)OP(=O)(O)O[C@@H]2OC([C@H](O)CO)[C@@H](O)C(O)C2O)[C@H](O)[C@@H]1F. The Hall–Kier alpha value is -1.78. The van der Waals surface area contributed by atoms with Crippen LogP contribution < -0.4 is 5.73 Å². The number of phosphoric ester groups is 2. The van der Waals surface area contributed by atoms with Crippen molar-refractivity contribution in [1.82, 2.24) is 19.5 Å². The number of fused-ring (bicyclic) bond motifs is 1. The van der Waals surface area contributed by atoms with Gasteiger partial charge < -0.3 is 55.6 Å². The van der Waals surface area contributed by atoms with Crippen molar-refractivity contribution < 1.29 is 76.8 Å². The highest BCUT2D eigenvalue weighted by molar-refractivity contribution is 7.61. The molecule has 10 N–H and O–H groups in total. The third kappa shape index (κ3) is 6.33. The van der Waals surface area contributed by atoms with Gasteiger partial charge in [-0.3, -0.25) is 13.6 Å². The fourth-order valence-corrected chi connectivity index (χ4v) is 6.13. The molecule has 12 atom stereocenters. The standard InChI is InChI=1S/C17H26FN5O15P2/c18-7-9(26)6(35-16(7)23-4-22-8-14(19)20-3-21-15(8)23)2-34-39(30,31)38-40(32,33)37-17-12(29)10(27)11(28)13(36-17)5(25)1-24/h3-7,9-13,16-17,24-29H,1-2H2,(H,30,31)(H,32,33)(H2,19,20,21)/t5-,6-,7+,9+,10?,11+,12?,13?,16-,17+/m1/s1. The van der Waals surface area contributed by atoms with Crippen LogP contribution in [-0.2, 0) is 32.0 Å². The lowest BCUT2D eigenvalue weighted by Crippen LogP contribution is -2.61. The van der Waals surface area contributed by atoms with Crippen molar-refractivity contribution in [2.75, 3.05) is 18.9 Å². The summed E-state index contributed by atoms with van der Waals surface area (Å²) < 4.78 is 64.0. The molecule has 0 radical (unpaired) electrons. The van der Waals surface area contributed by atoms with Crippen LogP contribution in [0.3, 0.4) is 0 Å². The van der Waals surface area contributed by atoms with Gasteiger partial charge in [0.05, 0.1) is 19.5 Å². The van der Waals surface area contributed by atoms with Crippen molar-refractivity contribution in [1.29, 1.82) is 0 Å². The number of rotatable bonds is 10. The molecule has 20 nitrogen and oxygen atoms in total. The lowest BCUT2D eigenvalue weighted by Gasteiger charge is -2.41. The lowest BCUT2D eigenvalue weighted by atomic mass is 9.96. The molecular formula is C17H26FN5O15P2. The summed E-state index contributed by atoms with van der Waals surface area (Å²) in [6.45, 7) is -2.04. The van der Waals surface area contributed by atoms with Crippen molar-refractivity contribution in [3.63, 3.8) is 0 Å². The fourth-order valence-electron chi connectivity index (χ4n) is 3.98. The quantitative estimate of drug-likeness (QED) is 0.116. The molecule has 226 valence electrons. The molecule has 2 aliphatic heterocycles. The number of ether oxygens (including phenoxy) is 2. The minimum absolute atomic E-state index is 0.0106. The number of nitrogens with zero attached hydrogens (tertiary/aromatic N) is 4. The Morgan fingerprint density at radius 2 is 1.75 bits per heavy atom. The van der Waals surface area contributed by atoms with E-state index in [1.165, 1.54) is 0 Å². The number of anilines is 1. The minimum Gasteiger partial charge on any atom is -0.394 e. The van der Waals surface area contributed by atoms with Gasteiger partial charge in [0.25, 0.3) is 0 Å². The molecule has 2 aliphatic rings. The average molecular weight is 621 g/mol. The number of halogens is 1. The summed E-state index contributed by atoms with van der Waals surface area (Å²) in [6.07, 6.45) is -17.3. The summed E-state index contributed by atoms with van der Waals surface area (Å²) in [5, 5.41) is 58.7. The number of hydrogen-bond acceptors (Lipinski definition) is 17. The second kappa shape index (κ2) is 11.8. The molecule has 0 aromatic carbocycles. The zero-order valence-electron chi connectivity index (χ0n) is 19.9. The maximum Gasteiger partial charge on any atom is 0.483 e. The van der Waals surface area contributed by atoms with Crippen LogP contribution in [0.4, 0.5) is 10.2 Å². The molecule has 0 saturated carbocycles. The van der Waals surface area contributed by atoms with Gasteiger partial charge in [0.1, 0.15) is 54.6 Å². The van der Waals surface area contributed by atoms with Gasteiger partial charge in [0.15, 0.2) is 30.2 Å². The number of aliphatic hydroxyl groups excluding tert-OH is 6. The predicted octanol–water partition coefficient (Wildman–Crippen LogP) is -3.58. The molecule has 2 fully saturated rings. The van der Waals surface area contributed by atoms with Crippen LogP contribution in [0.5, 0.6) is 0 Å². The maximum atomic E-state index is 14.9. The van der Waals surface area contributed by atoms with E-state index in [9.17, 15) is 48.8 Å². The molecule has 0 aliphatic carbocycles. The van der Waals surface area contributed by atoms with Gasteiger partial charge in [-0.05, 0) is 0 Å². The number of aliphatic hydroxyl groups is 6. The smallest absolute Gasteiger partial charge is 0.394 e. The van der Waals surface area contributed by atoms with Crippen LogP contribution in [0.2, 0.25) is 0 Å². The van der Waals surface area contributed by atoms with Crippen molar-refractivity contribution >= 4 is 32.6 Å². The van der Waals surface area contributed by atoms with Gasteiger partial charge in [0, 0.05) is 0 Å². The topological polar surface area (TPSA) is 312 Å². The number of imidazole rings is 1. The van der Waals surface area contributed by atoms with E-state index in [4.69, 9.17) is 20.3 Å². The Kier molecular flexibility index (Phi) is 9.22. The highest BCUT2D eigenvalue weighted by atomic mass is 31.3. The summed E-state index contributed by atoms with van der Waals surface area (Å²) in [7, 11) is -11.2. The predicted molar refractivity (Wildman–Crippen MR) is 122 cm³/mol. The molecule has 40 heavy (non-hydrogen) atoms. The lowest BCUT2D eigenvalue weighted by molar-refractivity contribution is -0.292. The van der Waals surface area contributed by atoms with Crippen LogP contribution in [0, 0.1) is 0 Å². The van der Waals surface area contributed by atoms with Crippen LogP contribution >= 0.6 is 15.6 Å². The first kappa shape index (κ1) is 31.2. The second-order valence-corrected chi connectivity index (χ2v) is 11.7. The zero-order chi connectivity index (χ0) is 29.6. The van der Waals surface area contributed by atoms with E-state index in [1.807, 2.05) is 0 Å². The largest absolute Gasteiger partial charge is 0.483 e. The molecule has 5 unspecified atom stereocenters. The van der Waals surface area contributed by atoms with E-state index in [0.29, 0.717) is 0 Å². The number of phosphoric acid groups is 2. The highest BCUT2D eigenvalue weighted by Crippen LogP contribution is 2.61. The molecule has 0 bridgehead atoms. The number of nitrogen functional groups attached to an aromatic ring is 1. The van der Waals surface area contributed by atoms with Crippen molar-refractivity contribution in [2.24, 2.45) is 0 Å². The Morgan fingerprint density at radius 3 is 2.42 bits per heavy atom. The van der Waals surface area contributed by atoms with Gasteiger partial charge in [-0.25, -0.2) is 28.5 Å². The van der Waals surface area contributed by atoms with Crippen LogP contribution in [0.25, 0.3) is 11.2 Å². The number of nitrogens with two attached hydrogens (primary N) is 1. The van der Waals surface area contributed by atoms with Crippen LogP contribution in [0.15, 0.2) is 12.7 Å². The molecule has 2 saturated heterocycles. The number of hydrogen-bond donors (Lipinski definition) is 9. The molecule has 23 heteroatoms. The van der Waals surface area contributed by atoms with Crippen molar-refractivity contribution in [2.45, 2.75) is 61.4 Å². The molecule has 4 heterocycles. The van der Waals surface area contributed by atoms with E-state index in [-0.39, 0.29) is 17.0 Å². The fraction of sp³-hybridized carbons (Fsp3) is 0.706. The molecule has 0 amide bonds. The summed E-state index contributed by atoms with van der Waals surface area (Å²) >= 11 is 0. The van der Waals surface area contributed by atoms with Crippen LogP contribution in [-0.4, -0.2) is 128 Å². The van der Waals surface area contributed by atoms with Gasteiger partial charge in [-0.1, -0.05) is 0 Å². The monoisotopic (exact) mass is 621 g/mol. The average Bonchev–Trinajstić information content (AvgIpc) is 3.43. The highest BCUT2D eigenvalue weighted by Gasteiger charge is 2.51. The normalized spacial score (nSPS) is 36.8. The van der Waals surface area contributed by atoms with E-state index in [1.54, 1.807) is 0 Å². The minimum atomic E-state index is -5.68. The van der Waals surface area contributed by atoms with Crippen LogP contribution in [0.1, 0.15) is 6.23 Å². The summed E-state index contributed by atoms with van der Waals surface area (Å²) in [5.74, 6) is -0.0106. The Bertz CT molecular complexity index is 1290. The number of alkyl halides is 1. The van der Waals surface area contributed by atoms with Gasteiger partial charge in [0.2, 0.25) is 0 Å². The Morgan fingerprint density at radius 1 is 1.05 bits per heavy atom. The number of aromatic nitrogens is 4. The first-order valence-electron chi connectivity index (χ1n) is 11.2. The Labute approximate surface area is 222 Å².